The summed E-state index contributed by atoms with van der Waals surface area (Å²) in [5.74, 6) is 0.612. The van der Waals surface area contributed by atoms with Crippen LogP contribution in [0.5, 0.6) is 5.75 Å². The van der Waals surface area contributed by atoms with E-state index in [0.29, 0.717) is 11.3 Å². The average Bonchev–Trinajstić information content (AvgIpc) is 2.56. The molecule has 1 heterocycles. The minimum absolute atomic E-state index is 0.235. The van der Waals surface area contributed by atoms with Crippen molar-refractivity contribution in [1.82, 2.24) is 5.48 Å². The molecule has 0 amide bonds. The van der Waals surface area contributed by atoms with Gasteiger partial charge in [-0.15, -0.1) is 0 Å². The topological polar surface area (TPSA) is 71.7 Å². The number of hydrogen-bond donors (Lipinski definition) is 2. The van der Waals surface area contributed by atoms with E-state index < -0.39 is 0 Å². The molecular weight excluding hydrogens is 218 g/mol. The summed E-state index contributed by atoms with van der Waals surface area (Å²) < 4.78 is 10.8. The first-order valence-electron chi connectivity index (χ1n) is 4.22. The molecule has 0 bridgehead atoms. The van der Waals surface area contributed by atoms with Gasteiger partial charge in [-0.3, -0.25) is 0 Å². The SMILES string of the molecule is COc1cc2sc(=O)oc2cc1CNO. The van der Waals surface area contributed by atoms with Crippen molar-refractivity contribution in [2.45, 2.75) is 6.54 Å². The second kappa shape index (κ2) is 4.01. The van der Waals surface area contributed by atoms with E-state index in [4.69, 9.17) is 14.4 Å². The summed E-state index contributed by atoms with van der Waals surface area (Å²) in [6.45, 7) is 0.235. The van der Waals surface area contributed by atoms with E-state index >= 15 is 0 Å². The smallest absolute Gasteiger partial charge is 0.396 e. The lowest BCUT2D eigenvalue weighted by molar-refractivity contribution is 0.160. The van der Waals surface area contributed by atoms with E-state index in [2.05, 4.69) is 0 Å². The highest BCUT2D eigenvalue weighted by Gasteiger charge is 2.09. The lowest BCUT2D eigenvalue weighted by Crippen LogP contribution is -2.07. The zero-order valence-corrected chi connectivity index (χ0v) is 8.76. The molecule has 0 radical (unpaired) electrons. The minimum atomic E-state index is -0.346. The van der Waals surface area contributed by atoms with Gasteiger partial charge < -0.3 is 14.4 Å². The molecule has 0 spiro atoms. The van der Waals surface area contributed by atoms with Crippen LogP contribution in [0.2, 0.25) is 0 Å². The fraction of sp³-hybridized carbons (Fsp3) is 0.222. The van der Waals surface area contributed by atoms with Gasteiger partial charge >= 0.3 is 4.94 Å². The summed E-state index contributed by atoms with van der Waals surface area (Å²) in [4.78, 5) is 10.7. The summed E-state index contributed by atoms with van der Waals surface area (Å²) in [5.41, 5.74) is 3.27. The van der Waals surface area contributed by atoms with Crippen molar-refractivity contribution in [3.8, 4) is 5.75 Å². The van der Waals surface area contributed by atoms with Crippen LogP contribution in [0.25, 0.3) is 10.3 Å². The second-order valence-electron chi connectivity index (χ2n) is 2.90. The molecule has 15 heavy (non-hydrogen) atoms. The summed E-state index contributed by atoms with van der Waals surface area (Å²) in [7, 11) is 1.53. The monoisotopic (exact) mass is 227 g/mol. The fourth-order valence-electron chi connectivity index (χ4n) is 1.36. The number of ether oxygens (including phenoxy) is 1. The number of rotatable bonds is 3. The van der Waals surface area contributed by atoms with E-state index in [1.54, 1.807) is 12.1 Å². The molecule has 0 aliphatic heterocycles. The van der Waals surface area contributed by atoms with Gasteiger partial charge in [-0.2, -0.15) is 0 Å². The fourth-order valence-corrected chi connectivity index (χ4v) is 2.03. The summed E-state index contributed by atoms with van der Waals surface area (Å²) in [5, 5.41) is 8.62. The Morgan fingerprint density at radius 1 is 1.60 bits per heavy atom. The molecule has 0 atom stereocenters. The molecule has 0 saturated carbocycles. The summed E-state index contributed by atoms with van der Waals surface area (Å²) in [6.07, 6.45) is 0. The molecule has 0 fully saturated rings. The Morgan fingerprint density at radius 3 is 3.07 bits per heavy atom. The molecule has 2 N–H and O–H groups in total. The summed E-state index contributed by atoms with van der Waals surface area (Å²) in [6, 6.07) is 3.40. The lowest BCUT2D eigenvalue weighted by Gasteiger charge is -2.06. The quantitative estimate of drug-likeness (QED) is 0.774. The molecule has 5 nitrogen and oxygen atoms in total. The standard InChI is InChI=1S/C9H9NO4S/c1-13-6-3-8-7(14-9(11)15-8)2-5(6)4-10-12/h2-3,10,12H,4H2,1H3. The van der Waals surface area contributed by atoms with Gasteiger partial charge in [0.1, 0.15) is 11.3 Å². The van der Waals surface area contributed by atoms with Crippen molar-refractivity contribution >= 4 is 21.6 Å². The lowest BCUT2D eigenvalue weighted by atomic mass is 10.2. The number of nitrogens with one attached hydrogen (secondary N) is 1. The molecular formula is C9H9NO4S. The average molecular weight is 227 g/mol. The molecule has 6 heteroatoms. The van der Waals surface area contributed by atoms with Crippen LogP contribution in [0.3, 0.4) is 0 Å². The highest BCUT2D eigenvalue weighted by atomic mass is 32.1. The van der Waals surface area contributed by atoms with Gasteiger partial charge in [0.25, 0.3) is 0 Å². The number of fused-ring (bicyclic) bond motifs is 1. The minimum Gasteiger partial charge on any atom is -0.496 e. The predicted molar refractivity (Wildman–Crippen MR) is 55.5 cm³/mol. The first-order valence-corrected chi connectivity index (χ1v) is 5.03. The molecule has 0 aliphatic carbocycles. The van der Waals surface area contributed by atoms with Gasteiger partial charge in [0, 0.05) is 18.2 Å². The Morgan fingerprint density at radius 2 is 2.40 bits per heavy atom. The summed E-state index contributed by atoms with van der Waals surface area (Å²) >= 11 is 1.02. The molecule has 2 aromatic rings. The van der Waals surface area contributed by atoms with Crippen LogP contribution in [0.15, 0.2) is 21.3 Å². The predicted octanol–water partition coefficient (Wildman–Crippen LogP) is 1.34. The highest BCUT2D eigenvalue weighted by Crippen LogP contribution is 2.27. The molecule has 0 saturated heterocycles. The normalized spacial score (nSPS) is 10.8. The van der Waals surface area contributed by atoms with E-state index in [-0.39, 0.29) is 11.5 Å². The first-order chi connectivity index (χ1) is 7.24. The highest BCUT2D eigenvalue weighted by molar-refractivity contribution is 7.16. The zero-order chi connectivity index (χ0) is 10.8. The number of methoxy groups -OCH3 is 1. The number of hydrogen-bond acceptors (Lipinski definition) is 6. The second-order valence-corrected chi connectivity index (χ2v) is 3.88. The Bertz CT molecular complexity index is 530. The Kier molecular flexibility index (Phi) is 2.72. The van der Waals surface area contributed by atoms with Crippen LogP contribution in [0, 0.1) is 0 Å². The van der Waals surface area contributed by atoms with Crippen molar-refractivity contribution in [1.29, 1.82) is 0 Å². The van der Waals surface area contributed by atoms with Crippen LogP contribution < -0.4 is 15.2 Å². The third kappa shape index (κ3) is 1.87. The third-order valence-electron chi connectivity index (χ3n) is 2.00. The molecule has 0 unspecified atom stereocenters. The van der Waals surface area contributed by atoms with Gasteiger partial charge in [-0.1, -0.05) is 11.3 Å². The van der Waals surface area contributed by atoms with E-state index in [0.717, 1.165) is 21.6 Å². The van der Waals surface area contributed by atoms with Crippen molar-refractivity contribution in [3.63, 3.8) is 0 Å². The van der Waals surface area contributed by atoms with E-state index in [1.807, 2.05) is 5.48 Å². The van der Waals surface area contributed by atoms with Crippen molar-refractivity contribution < 1.29 is 14.4 Å². The van der Waals surface area contributed by atoms with Gasteiger partial charge in [0.15, 0.2) is 0 Å². The maximum atomic E-state index is 11.0. The number of hydroxylamine groups is 1. The van der Waals surface area contributed by atoms with Crippen LogP contribution >= 0.6 is 11.3 Å². The maximum absolute atomic E-state index is 11.0. The largest absolute Gasteiger partial charge is 0.496 e. The van der Waals surface area contributed by atoms with Crippen LogP contribution in [0.1, 0.15) is 5.56 Å². The Balaban J connectivity index is 2.62. The van der Waals surface area contributed by atoms with Crippen LogP contribution in [0.4, 0.5) is 0 Å². The van der Waals surface area contributed by atoms with Gasteiger partial charge in [0.2, 0.25) is 0 Å². The zero-order valence-electron chi connectivity index (χ0n) is 7.94. The Labute approximate surface area is 88.9 Å². The van der Waals surface area contributed by atoms with Crippen molar-refractivity contribution in [3.05, 3.63) is 27.4 Å². The van der Waals surface area contributed by atoms with Gasteiger partial charge in [-0.25, -0.2) is 10.3 Å². The van der Waals surface area contributed by atoms with Gasteiger partial charge in [0.05, 0.1) is 11.8 Å². The molecule has 1 aromatic carbocycles. The van der Waals surface area contributed by atoms with Gasteiger partial charge in [-0.05, 0) is 6.07 Å². The molecule has 2 rings (SSSR count). The molecule has 80 valence electrons. The van der Waals surface area contributed by atoms with E-state index in [1.165, 1.54) is 7.11 Å². The van der Waals surface area contributed by atoms with Crippen LogP contribution in [-0.2, 0) is 6.54 Å². The maximum Gasteiger partial charge on any atom is 0.396 e. The number of benzene rings is 1. The van der Waals surface area contributed by atoms with Crippen molar-refractivity contribution in [2.24, 2.45) is 0 Å². The van der Waals surface area contributed by atoms with E-state index in [9.17, 15) is 4.79 Å². The Hall–Kier alpha value is -1.37. The third-order valence-corrected chi connectivity index (χ3v) is 2.79. The first kappa shape index (κ1) is 10.2. The van der Waals surface area contributed by atoms with Crippen molar-refractivity contribution in [2.75, 3.05) is 7.11 Å². The van der Waals surface area contributed by atoms with Crippen LogP contribution in [-0.4, -0.2) is 12.3 Å². The molecule has 1 aromatic heterocycles. The molecule has 0 aliphatic rings.